The Morgan fingerprint density at radius 2 is 1.96 bits per heavy atom. The molecule has 0 amide bonds. The molecule has 0 saturated carbocycles. The SMILES string of the molecule is C[C@@H](CCc1sccc1N=Nc1c(O)ccc2ccccc12)CC(=O)O. The molecule has 3 aromatic rings. The van der Waals surface area contributed by atoms with E-state index in [9.17, 15) is 9.90 Å². The molecule has 0 aliphatic carbocycles. The average Bonchev–Trinajstić information content (AvgIpc) is 3.06. The lowest BCUT2D eigenvalue weighted by Gasteiger charge is -2.07. The quantitative estimate of drug-likeness (QED) is 0.497. The summed E-state index contributed by atoms with van der Waals surface area (Å²) in [6, 6.07) is 13.1. The fourth-order valence-corrected chi connectivity index (χ4v) is 3.67. The van der Waals surface area contributed by atoms with Crippen LogP contribution in [0.2, 0.25) is 0 Å². The second kappa shape index (κ2) is 8.10. The Hall–Kier alpha value is -2.73. The van der Waals surface area contributed by atoms with Gasteiger partial charge in [-0.2, -0.15) is 0 Å². The standard InChI is InChI=1S/C20H20N2O3S/c1-13(12-19(24)25)6-9-18-16(10-11-26-18)21-22-20-15-5-3-2-4-14(15)7-8-17(20)23/h2-5,7-8,10-11,13,23H,6,9,12H2,1H3,(H,24,25)/t13-/m0/s1. The summed E-state index contributed by atoms with van der Waals surface area (Å²) in [5, 5.41) is 31.5. The number of hydrogen-bond donors (Lipinski definition) is 2. The van der Waals surface area contributed by atoms with Gasteiger partial charge in [0.05, 0.1) is 5.69 Å². The first-order chi connectivity index (χ1) is 12.5. The van der Waals surface area contributed by atoms with Crippen LogP contribution < -0.4 is 0 Å². The van der Waals surface area contributed by atoms with Crippen molar-refractivity contribution in [2.45, 2.75) is 26.2 Å². The fraction of sp³-hybridized carbons (Fsp3) is 0.250. The largest absolute Gasteiger partial charge is 0.506 e. The van der Waals surface area contributed by atoms with Crippen molar-refractivity contribution in [1.29, 1.82) is 0 Å². The Morgan fingerprint density at radius 1 is 1.15 bits per heavy atom. The Bertz CT molecular complexity index is 949. The van der Waals surface area contributed by atoms with E-state index in [4.69, 9.17) is 5.11 Å². The maximum Gasteiger partial charge on any atom is 0.303 e. The molecule has 26 heavy (non-hydrogen) atoms. The van der Waals surface area contributed by atoms with Crippen molar-refractivity contribution < 1.29 is 15.0 Å². The van der Waals surface area contributed by atoms with E-state index in [0.717, 1.165) is 34.2 Å². The summed E-state index contributed by atoms with van der Waals surface area (Å²) < 4.78 is 0. The minimum atomic E-state index is -0.768. The predicted molar refractivity (Wildman–Crippen MR) is 104 cm³/mol. The molecule has 6 heteroatoms. The second-order valence-electron chi connectivity index (χ2n) is 6.33. The highest BCUT2D eigenvalue weighted by Gasteiger charge is 2.11. The number of hydrogen-bond acceptors (Lipinski definition) is 5. The van der Waals surface area contributed by atoms with Crippen LogP contribution in [0.5, 0.6) is 5.75 Å². The van der Waals surface area contributed by atoms with E-state index < -0.39 is 5.97 Å². The number of rotatable bonds is 7. The second-order valence-corrected chi connectivity index (χ2v) is 7.33. The van der Waals surface area contributed by atoms with E-state index in [-0.39, 0.29) is 18.1 Å². The van der Waals surface area contributed by atoms with E-state index in [1.54, 1.807) is 17.4 Å². The van der Waals surface area contributed by atoms with Crippen molar-refractivity contribution in [2.75, 3.05) is 0 Å². The van der Waals surface area contributed by atoms with E-state index in [1.807, 2.05) is 48.7 Å². The smallest absolute Gasteiger partial charge is 0.303 e. The zero-order valence-electron chi connectivity index (χ0n) is 14.4. The monoisotopic (exact) mass is 368 g/mol. The zero-order chi connectivity index (χ0) is 18.5. The van der Waals surface area contributed by atoms with Crippen LogP contribution in [0.25, 0.3) is 10.8 Å². The van der Waals surface area contributed by atoms with E-state index in [2.05, 4.69) is 10.2 Å². The van der Waals surface area contributed by atoms with Gasteiger partial charge >= 0.3 is 5.97 Å². The van der Waals surface area contributed by atoms with Gasteiger partial charge in [0.2, 0.25) is 0 Å². The lowest BCUT2D eigenvalue weighted by molar-refractivity contribution is -0.138. The summed E-state index contributed by atoms with van der Waals surface area (Å²) in [5.74, 6) is -0.559. The van der Waals surface area contributed by atoms with Gasteiger partial charge in [0.15, 0.2) is 0 Å². The summed E-state index contributed by atoms with van der Waals surface area (Å²) in [7, 11) is 0. The van der Waals surface area contributed by atoms with Crippen LogP contribution in [0.4, 0.5) is 11.4 Å². The van der Waals surface area contributed by atoms with Crippen LogP contribution in [0.1, 0.15) is 24.6 Å². The minimum Gasteiger partial charge on any atom is -0.506 e. The molecular formula is C20H20N2O3S. The molecule has 0 unspecified atom stereocenters. The van der Waals surface area contributed by atoms with Gasteiger partial charge in [0, 0.05) is 16.7 Å². The molecule has 1 aromatic heterocycles. The number of azo groups is 1. The van der Waals surface area contributed by atoms with Crippen molar-refractivity contribution in [1.82, 2.24) is 0 Å². The number of aryl methyl sites for hydroxylation is 1. The molecule has 0 saturated heterocycles. The summed E-state index contributed by atoms with van der Waals surface area (Å²) in [5.41, 5.74) is 1.23. The third-order valence-electron chi connectivity index (χ3n) is 4.25. The molecule has 2 N–H and O–H groups in total. The molecule has 0 aliphatic rings. The minimum absolute atomic E-state index is 0.0966. The first kappa shape index (κ1) is 18.1. The maximum absolute atomic E-state index is 10.8. The molecule has 0 radical (unpaired) electrons. The number of aliphatic carboxylic acids is 1. The summed E-state index contributed by atoms with van der Waals surface area (Å²) in [6.45, 7) is 1.94. The van der Waals surface area contributed by atoms with Gasteiger partial charge in [-0.3, -0.25) is 4.79 Å². The van der Waals surface area contributed by atoms with Crippen molar-refractivity contribution in [3.05, 3.63) is 52.7 Å². The number of carboxylic acids is 1. The average molecular weight is 368 g/mol. The molecule has 3 rings (SSSR count). The molecule has 0 aliphatic heterocycles. The predicted octanol–water partition coefficient (Wildman–Crippen LogP) is 6.07. The number of phenols is 1. The highest BCUT2D eigenvalue weighted by molar-refractivity contribution is 7.10. The van der Waals surface area contributed by atoms with Crippen molar-refractivity contribution in [3.63, 3.8) is 0 Å². The van der Waals surface area contributed by atoms with Crippen LogP contribution in [0, 0.1) is 5.92 Å². The third-order valence-corrected chi connectivity index (χ3v) is 5.22. The van der Waals surface area contributed by atoms with Gasteiger partial charge < -0.3 is 10.2 Å². The molecule has 1 heterocycles. The van der Waals surface area contributed by atoms with Crippen LogP contribution in [-0.4, -0.2) is 16.2 Å². The van der Waals surface area contributed by atoms with E-state index >= 15 is 0 Å². The Labute approximate surface area is 155 Å². The van der Waals surface area contributed by atoms with E-state index in [1.165, 1.54) is 0 Å². The molecule has 5 nitrogen and oxygen atoms in total. The highest BCUT2D eigenvalue weighted by Crippen LogP contribution is 2.37. The van der Waals surface area contributed by atoms with Crippen LogP contribution in [0.15, 0.2) is 58.1 Å². The summed E-state index contributed by atoms with van der Waals surface area (Å²) in [6.07, 6.45) is 1.73. The molecule has 0 bridgehead atoms. The molecule has 0 fully saturated rings. The van der Waals surface area contributed by atoms with E-state index in [0.29, 0.717) is 5.69 Å². The topological polar surface area (TPSA) is 82.2 Å². The third kappa shape index (κ3) is 4.26. The van der Waals surface area contributed by atoms with Crippen LogP contribution in [0.3, 0.4) is 0 Å². The number of carboxylic acid groups (broad SMARTS) is 1. The lowest BCUT2D eigenvalue weighted by Crippen LogP contribution is -2.04. The molecular weight excluding hydrogens is 348 g/mol. The van der Waals surface area contributed by atoms with Crippen molar-refractivity contribution >= 4 is 39.5 Å². The number of fused-ring (bicyclic) bond motifs is 1. The maximum atomic E-state index is 10.8. The number of aromatic hydroxyl groups is 1. The number of benzene rings is 2. The number of thiophene rings is 1. The zero-order valence-corrected chi connectivity index (χ0v) is 15.2. The van der Waals surface area contributed by atoms with Gasteiger partial charge in [0.25, 0.3) is 0 Å². The molecule has 134 valence electrons. The first-order valence-electron chi connectivity index (χ1n) is 8.45. The summed E-state index contributed by atoms with van der Waals surface area (Å²) in [4.78, 5) is 11.9. The molecule has 0 spiro atoms. The lowest BCUT2D eigenvalue weighted by atomic mass is 10.0. The van der Waals surface area contributed by atoms with Gasteiger partial charge in [-0.05, 0) is 41.7 Å². The Balaban J connectivity index is 1.79. The molecule has 2 aromatic carbocycles. The van der Waals surface area contributed by atoms with Crippen molar-refractivity contribution in [3.8, 4) is 5.75 Å². The summed E-state index contributed by atoms with van der Waals surface area (Å²) >= 11 is 1.59. The van der Waals surface area contributed by atoms with Gasteiger partial charge in [-0.25, -0.2) is 0 Å². The van der Waals surface area contributed by atoms with Crippen molar-refractivity contribution in [2.24, 2.45) is 16.1 Å². The van der Waals surface area contributed by atoms with Gasteiger partial charge in [-0.15, -0.1) is 21.6 Å². The Morgan fingerprint density at radius 3 is 2.77 bits per heavy atom. The normalized spacial score (nSPS) is 12.7. The molecule has 1 atom stereocenters. The first-order valence-corrected chi connectivity index (χ1v) is 9.33. The van der Waals surface area contributed by atoms with Gasteiger partial charge in [0.1, 0.15) is 11.4 Å². The number of nitrogens with zero attached hydrogens (tertiary/aromatic N) is 2. The van der Waals surface area contributed by atoms with Crippen LogP contribution >= 0.6 is 11.3 Å². The number of carbonyl (C=O) groups is 1. The van der Waals surface area contributed by atoms with Crippen LogP contribution in [-0.2, 0) is 11.2 Å². The highest BCUT2D eigenvalue weighted by atomic mass is 32.1. The fourth-order valence-electron chi connectivity index (χ4n) is 2.84. The van der Waals surface area contributed by atoms with Gasteiger partial charge in [-0.1, -0.05) is 37.3 Å². The Kier molecular flexibility index (Phi) is 5.63. The number of phenolic OH excluding ortho intramolecular Hbond substituents is 1.